The van der Waals surface area contributed by atoms with Gasteiger partial charge in [0.05, 0.1) is 48.5 Å². The number of aromatic nitrogens is 5. The fourth-order valence-corrected chi connectivity index (χ4v) is 5.98. The molecule has 0 radical (unpaired) electrons. The van der Waals surface area contributed by atoms with Crippen molar-refractivity contribution in [2.45, 2.75) is 46.5 Å². The Morgan fingerprint density at radius 1 is 1.07 bits per heavy atom. The molecule has 11 nitrogen and oxygen atoms in total. The van der Waals surface area contributed by atoms with Crippen molar-refractivity contribution in [3.8, 4) is 39.5 Å². The number of ether oxygens (including phenoxy) is 1. The van der Waals surface area contributed by atoms with Gasteiger partial charge in [0.2, 0.25) is 15.9 Å². The molecule has 5 rings (SSSR count). The van der Waals surface area contributed by atoms with Gasteiger partial charge in [-0.1, -0.05) is 57.2 Å². The number of nitrogens with two attached hydrogens (primary N) is 1. The molecule has 3 N–H and O–H groups in total. The van der Waals surface area contributed by atoms with E-state index < -0.39 is 15.9 Å². The zero-order valence-electron chi connectivity index (χ0n) is 26.4. The summed E-state index contributed by atoms with van der Waals surface area (Å²) in [5.74, 6) is -0.426. The van der Waals surface area contributed by atoms with Gasteiger partial charge in [-0.15, -0.1) is 5.10 Å². The SMILES string of the molecule is CCc1c(-c2cn(-c3c(C)ccc(C(N)=O)c3-c3cc(C(C)(C)C)cc(NS(C)(=O)=O)c3OC)nn2)cnn1-c1ccccc1. The molecular formula is C33H37N7O4S. The predicted octanol–water partition coefficient (Wildman–Crippen LogP) is 5.43. The molecule has 0 atom stereocenters. The average molecular weight is 628 g/mol. The molecule has 1 amide bonds. The molecular weight excluding hydrogens is 590 g/mol. The monoisotopic (exact) mass is 627 g/mol. The lowest BCUT2D eigenvalue weighted by atomic mass is 9.83. The zero-order chi connectivity index (χ0) is 32.7. The quantitative estimate of drug-likeness (QED) is 0.221. The first-order valence-corrected chi connectivity index (χ1v) is 16.3. The van der Waals surface area contributed by atoms with E-state index in [2.05, 4.69) is 27.1 Å². The van der Waals surface area contributed by atoms with Gasteiger partial charge < -0.3 is 10.5 Å². The number of anilines is 1. The summed E-state index contributed by atoms with van der Waals surface area (Å²) in [4.78, 5) is 12.9. The van der Waals surface area contributed by atoms with Crippen LogP contribution >= 0.6 is 0 Å². The Balaban J connectivity index is 1.78. The summed E-state index contributed by atoms with van der Waals surface area (Å²) in [7, 11) is -2.23. The minimum atomic E-state index is -3.68. The molecule has 2 aromatic heterocycles. The van der Waals surface area contributed by atoms with Gasteiger partial charge in [-0.3, -0.25) is 9.52 Å². The molecule has 0 saturated heterocycles. The van der Waals surface area contributed by atoms with Crippen LogP contribution in [-0.2, 0) is 21.9 Å². The Hall–Kier alpha value is -4.97. The van der Waals surface area contributed by atoms with Crippen molar-refractivity contribution in [1.82, 2.24) is 24.8 Å². The number of nitrogens with zero attached hydrogens (tertiary/aromatic N) is 5. The summed E-state index contributed by atoms with van der Waals surface area (Å²) in [5, 5.41) is 13.7. The maximum atomic E-state index is 12.9. The first-order valence-electron chi connectivity index (χ1n) is 14.4. The van der Waals surface area contributed by atoms with Gasteiger partial charge in [0.25, 0.3) is 0 Å². The number of carbonyl (C=O) groups is 1. The summed E-state index contributed by atoms with van der Waals surface area (Å²) in [5.41, 5.74) is 12.4. The first-order chi connectivity index (χ1) is 21.2. The average Bonchev–Trinajstić information content (AvgIpc) is 3.62. The van der Waals surface area contributed by atoms with Crippen molar-refractivity contribution in [3.05, 3.63) is 89.4 Å². The Morgan fingerprint density at radius 2 is 1.78 bits per heavy atom. The van der Waals surface area contributed by atoms with E-state index in [1.165, 1.54) is 7.11 Å². The normalized spacial score (nSPS) is 11.9. The maximum absolute atomic E-state index is 12.9. The lowest BCUT2D eigenvalue weighted by Crippen LogP contribution is -2.18. The van der Waals surface area contributed by atoms with Crippen molar-refractivity contribution in [1.29, 1.82) is 0 Å². The largest absolute Gasteiger partial charge is 0.494 e. The molecule has 0 fully saturated rings. The smallest absolute Gasteiger partial charge is 0.249 e. The summed E-state index contributed by atoms with van der Waals surface area (Å²) in [6.07, 6.45) is 5.33. The van der Waals surface area contributed by atoms with E-state index in [0.717, 1.165) is 34.3 Å². The summed E-state index contributed by atoms with van der Waals surface area (Å²) in [6, 6.07) is 16.9. The maximum Gasteiger partial charge on any atom is 0.249 e. The molecule has 45 heavy (non-hydrogen) atoms. The first kappa shape index (κ1) is 31.5. The highest BCUT2D eigenvalue weighted by Gasteiger charge is 2.28. The highest BCUT2D eigenvalue weighted by Crippen LogP contribution is 2.45. The fraction of sp³-hybridized carbons (Fsp3) is 0.273. The number of amides is 1. The van der Waals surface area contributed by atoms with Crippen LogP contribution in [0.5, 0.6) is 5.75 Å². The molecule has 12 heteroatoms. The number of hydrogen-bond acceptors (Lipinski definition) is 7. The lowest BCUT2D eigenvalue weighted by Gasteiger charge is -2.25. The van der Waals surface area contributed by atoms with Gasteiger partial charge in [0.1, 0.15) is 5.69 Å². The molecule has 0 aliphatic heterocycles. The van der Waals surface area contributed by atoms with E-state index >= 15 is 0 Å². The van der Waals surface area contributed by atoms with Gasteiger partial charge in [-0.25, -0.2) is 17.8 Å². The van der Waals surface area contributed by atoms with Crippen LogP contribution in [-0.4, -0.2) is 52.5 Å². The van der Waals surface area contributed by atoms with Crippen LogP contribution in [0.2, 0.25) is 0 Å². The Kier molecular flexibility index (Phi) is 8.28. The van der Waals surface area contributed by atoms with Crippen molar-refractivity contribution in [3.63, 3.8) is 0 Å². The molecule has 3 aromatic carbocycles. The van der Waals surface area contributed by atoms with Crippen molar-refractivity contribution < 1.29 is 17.9 Å². The highest BCUT2D eigenvalue weighted by molar-refractivity contribution is 7.92. The standard InChI is InChI=1S/C33H37N7O4S/c1-8-28-25(18-35-40(28)22-12-10-9-11-13-22)27-19-39(38-36-27)30-20(2)14-15-23(32(34)41)29(30)24-16-21(33(3,4)5)17-26(31(24)44-6)37-45(7,42)43/h9-19,37H,8H2,1-7H3,(H2,34,41). The van der Waals surface area contributed by atoms with E-state index in [0.29, 0.717) is 28.9 Å². The number of aryl methyl sites for hydroxylation is 1. The van der Waals surface area contributed by atoms with E-state index in [1.807, 2.05) is 68.8 Å². The summed E-state index contributed by atoms with van der Waals surface area (Å²) in [6.45, 7) is 9.99. The van der Waals surface area contributed by atoms with Crippen LogP contribution in [0.15, 0.2) is 67.0 Å². The zero-order valence-corrected chi connectivity index (χ0v) is 27.2. The number of rotatable bonds is 9. The second-order valence-corrected chi connectivity index (χ2v) is 13.6. The van der Waals surface area contributed by atoms with E-state index in [9.17, 15) is 13.2 Å². The van der Waals surface area contributed by atoms with Crippen LogP contribution in [0, 0.1) is 6.92 Å². The number of methoxy groups -OCH3 is 1. The predicted molar refractivity (Wildman–Crippen MR) is 176 cm³/mol. The number of hydrogen-bond donors (Lipinski definition) is 2. The topological polar surface area (TPSA) is 147 Å². The van der Waals surface area contributed by atoms with E-state index in [-0.39, 0.29) is 22.4 Å². The number of nitrogens with one attached hydrogen (secondary N) is 1. The van der Waals surface area contributed by atoms with Gasteiger partial charge >= 0.3 is 0 Å². The van der Waals surface area contributed by atoms with Crippen LogP contribution in [0.3, 0.4) is 0 Å². The molecule has 5 aromatic rings. The number of carbonyl (C=O) groups excluding carboxylic acids is 1. The van der Waals surface area contributed by atoms with E-state index in [4.69, 9.17) is 10.5 Å². The minimum Gasteiger partial charge on any atom is -0.494 e. The van der Waals surface area contributed by atoms with Crippen molar-refractivity contribution in [2.75, 3.05) is 18.1 Å². The van der Waals surface area contributed by atoms with Gasteiger partial charge in [0.15, 0.2) is 5.75 Å². The van der Waals surface area contributed by atoms with Gasteiger partial charge in [-0.2, -0.15) is 5.10 Å². The van der Waals surface area contributed by atoms with Crippen molar-refractivity contribution in [2.24, 2.45) is 5.73 Å². The van der Waals surface area contributed by atoms with Crippen LogP contribution in [0.4, 0.5) is 5.69 Å². The van der Waals surface area contributed by atoms with Crippen LogP contribution in [0.25, 0.3) is 33.8 Å². The molecule has 0 spiro atoms. The van der Waals surface area contributed by atoms with Gasteiger partial charge in [-0.05, 0) is 60.2 Å². The third-order valence-corrected chi connectivity index (χ3v) is 8.16. The second-order valence-electron chi connectivity index (χ2n) is 11.9. The molecule has 2 heterocycles. The Labute approximate surface area is 263 Å². The third-order valence-electron chi connectivity index (χ3n) is 7.57. The highest BCUT2D eigenvalue weighted by atomic mass is 32.2. The molecule has 0 saturated carbocycles. The molecule has 0 bridgehead atoms. The number of primary amides is 1. The fourth-order valence-electron chi connectivity index (χ4n) is 5.43. The summed E-state index contributed by atoms with van der Waals surface area (Å²) < 4.78 is 36.7. The van der Waals surface area contributed by atoms with Crippen LogP contribution in [0.1, 0.15) is 54.9 Å². The van der Waals surface area contributed by atoms with Crippen molar-refractivity contribution >= 4 is 21.6 Å². The lowest BCUT2D eigenvalue weighted by molar-refractivity contribution is 0.100. The summed E-state index contributed by atoms with van der Waals surface area (Å²) >= 11 is 0. The second kappa shape index (κ2) is 11.8. The third kappa shape index (κ3) is 6.18. The number of sulfonamides is 1. The Morgan fingerprint density at radius 3 is 2.38 bits per heavy atom. The van der Waals surface area contributed by atoms with Gasteiger partial charge in [0, 0.05) is 22.3 Å². The molecule has 0 unspecified atom stereocenters. The van der Waals surface area contributed by atoms with E-state index in [1.54, 1.807) is 35.3 Å². The molecule has 0 aliphatic rings. The minimum absolute atomic E-state index is 0.216. The molecule has 234 valence electrons. The number of para-hydroxylation sites is 1. The van der Waals surface area contributed by atoms with Crippen LogP contribution < -0.4 is 15.2 Å². The Bertz CT molecular complexity index is 2010. The number of benzene rings is 3. The molecule has 0 aliphatic carbocycles.